The summed E-state index contributed by atoms with van der Waals surface area (Å²) in [6, 6.07) is 4.14. The van der Waals surface area contributed by atoms with E-state index in [2.05, 4.69) is 23.2 Å². The maximum atomic E-state index is 12.5. The van der Waals surface area contributed by atoms with Gasteiger partial charge in [-0.15, -0.1) is 0 Å². The van der Waals surface area contributed by atoms with Crippen LogP contribution in [-0.4, -0.2) is 29.9 Å². The van der Waals surface area contributed by atoms with Crippen LogP contribution in [0.25, 0.3) is 0 Å². The first-order valence-electron chi connectivity index (χ1n) is 8.96. The maximum absolute atomic E-state index is 12.5. The van der Waals surface area contributed by atoms with Crippen LogP contribution in [-0.2, 0) is 11.3 Å². The summed E-state index contributed by atoms with van der Waals surface area (Å²) in [4.78, 5) is 14.9. The van der Waals surface area contributed by atoms with Crippen molar-refractivity contribution >= 4 is 5.91 Å². The summed E-state index contributed by atoms with van der Waals surface area (Å²) in [5.74, 6) is 1.40. The van der Waals surface area contributed by atoms with Crippen molar-refractivity contribution in [2.24, 2.45) is 5.92 Å². The molecule has 0 spiro atoms. The van der Waals surface area contributed by atoms with Crippen LogP contribution >= 0.6 is 0 Å². The summed E-state index contributed by atoms with van der Waals surface area (Å²) >= 11 is 0. The van der Waals surface area contributed by atoms with E-state index in [1.165, 1.54) is 24.8 Å². The number of nitrogens with one attached hydrogen (secondary N) is 1. The summed E-state index contributed by atoms with van der Waals surface area (Å²) in [6.07, 6.45) is 10.8. The lowest BCUT2D eigenvalue weighted by Gasteiger charge is -2.31. The maximum Gasteiger partial charge on any atom is 0.223 e. The third-order valence-electron chi connectivity index (χ3n) is 5.16. The number of likely N-dealkylation sites (tertiary alicyclic amines) is 1. The van der Waals surface area contributed by atoms with Gasteiger partial charge in [0.2, 0.25) is 5.91 Å². The highest BCUT2D eigenvalue weighted by Crippen LogP contribution is 2.22. The van der Waals surface area contributed by atoms with Crippen LogP contribution < -0.4 is 5.32 Å². The van der Waals surface area contributed by atoms with Crippen LogP contribution in [0.2, 0.25) is 0 Å². The zero-order chi connectivity index (χ0) is 16.1. The molecule has 1 aromatic rings. The first-order chi connectivity index (χ1) is 11.2. The van der Waals surface area contributed by atoms with Crippen molar-refractivity contribution in [1.29, 1.82) is 0 Å². The highest BCUT2D eigenvalue weighted by molar-refractivity contribution is 5.79. The van der Waals surface area contributed by atoms with Gasteiger partial charge in [-0.2, -0.15) is 0 Å². The number of hydrogen-bond acceptors (Lipinski definition) is 3. The summed E-state index contributed by atoms with van der Waals surface area (Å²) < 4.78 is 5.40. The molecule has 23 heavy (non-hydrogen) atoms. The SMILES string of the molecule is C[C@@H](NC(=O)C1CCN(Cc2ccco2)CC1)C1=CCCCC1. The van der Waals surface area contributed by atoms with Crippen molar-refractivity contribution in [2.45, 2.75) is 58.0 Å². The van der Waals surface area contributed by atoms with Gasteiger partial charge in [-0.05, 0) is 70.7 Å². The summed E-state index contributed by atoms with van der Waals surface area (Å²) in [6.45, 7) is 4.91. The van der Waals surface area contributed by atoms with Crippen LogP contribution in [0.1, 0.15) is 51.2 Å². The van der Waals surface area contributed by atoms with E-state index in [-0.39, 0.29) is 17.9 Å². The molecule has 1 N–H and O–H groups in total. The molecule has 1 atom stereocenters. The predicted octanol–water partition coefficient (Wildman–Crippen LogP) is 3.50. The molecule has 1 aliphatic carbocycles. The fourth-order valence-electron chi connectivity index (χ4n) is 3.66. The van der Waals surface area contributed by atoms with E-state index in [4.69, 9.17) is 4.42 Å². The molecule has 1 fully saturated rings. The number of carbonyl (C=O) groups is 1. The Morgan fingerprint density at radius 2 is 2.22 bits per heavy atom. The number of allylic oxidation sites excluding steroid dienone is 1. The molecule has 0 radical (unpaired) electrons. The van der Waals surface area contributed by atoms with Gasteiger partial charge in [-0.1, -0.05) is 11.6 Å². The Labute approximate surface area is 138 Å². The molecule has 126 valence electrons. The van der Waals surface area contributed by atoms with Gasteiger partial charge < -0.3 is 9.73 Å². The molecule has 2 heterocycles. The lowest BCUT2D eigenvalue weighted by molar-refractivity contribution is -0.126. The lowest BCUT2D eigenvalue weighted by Crippen LogP contribution is -2.43. The van der Waals surface area contributed by atoms with E-state index in [1.54, 1.807) is 6.26 Å². The molecule has 4 nitrogen and oxygen atoms in total. The Hall–Kier alpha value is -1.55. The molecule has 1 aromatic heterocycles. The molecule has 0 saturated carbocycles. The smallest absolute Gasteiger partial charge is 0.223 e. The van der Waals surface area contributed by atoms with Crippen molar-refractivity contribution in [2.75, 3.05) is 13.1 Å². The molecule has 2 aliphatic rings. The second kappa shape index (κ2) is 7.82. The summed E-state index contributed by atoms with van der Waals surface area (Å²) in [5, 5.41) is 3.24. The van der Waals surface area contributed by atoms with Gasteiger partial charge in [0.15, 0.2) is 0 Å². The molecule has 4 heteroatoms. The van der Waals surface area contributed by atoms with Crippen molar-refractivity contribution in [1.82, 2.24) is 10.2 Å². The van der Waals surface area contributed by atoms with E-state index in [0.717, 1.165) is 44.7 Å². The summed E-state index contributed by atoms with van der Waals surface area (Å²) in [5.41, 5.74) is 1.42. The first kappa shape index (κ1) is 16.3. The van der Waals surface area contributed by atoms with Gasteiger partial charge in [0.1, 0.15) is 5.76 Å². The largest absolute Gasteiger partial charge is 0.468 e. The zero-order valence-corrected chi connectivity index (χ0v) is 14.1. The van der Waals surface area contributed by atoms with Gasteiger partial charge in [-0.25, -0.2) is 0 Å². The Morgan fingerprint density at radius 3 is 2.87 bits per heavy atom. The number of rotatable bonds is 5. The van der Waals surface area contributed by atoms with Crippen molar-refractivity contribution < 1.29 is 9.21 Å². The van der Waals surface area contributed by atoms with Crippen LogP contribution in [0, 0.1) is 5.92 Å². The third kappa shape index (κ3) is 4.47. The minimum atomic E-state index is 0.162. The number of piperidine rings is 1. The average Bonchev–Trinajstić information content (AvgIpc) is 3.09. The van der Waals surface area contributed by atoms with E-state index in [1.807, 2.05) is 12.1 Å². The first-order valence-corrected chi connectivity index (χ1v) is 8.96. The molecule has 1 aliphatic heterocycles. The van der Waals surface area contributed by atoms with Gasteiger partial charge in [0, 0.05) is 12.0 Å². The van der Waals surface area contributed by atoms with Crippen molar-refractivity contribution in [3.8, 4) is 0 Å². The lowest BCUT2D eigenvalue weighted by atomic mass is 9.92. The van der Waals surface area contributed by atoms with E-state index in [0.29, 0.717) is 0 Å². The Balaban J connectivity index is 1.43. The Bertz CT molecular complexity index is 528. The molecular weight excluding hydrogens is 288 g/mol. The standard InChI is InChI=1S/C19H28N2O2/c1-15(16-6-3-2-4-7-16)20-19(22)17-9-11-21(12-10-17)14-18-8-5-13-23-18/h5-6,8,13,15,17H,2-4,7,9-12,14H2,1H3,(H,20,22)/t15-/m1/s1. The molecule has 3 rings (SSSR count). The highest BCUT2D eigenvalue weighted by Gasteiger charge is 2.26. The Kier molecular flexibility index (Phi) is 5.55. The normalized spacial score (nSPS) is 21.7. The number of carbonyl (C=O) groups excluding carboxylic acids is 1. The number of furan rings is 1. The number of nitrogens with zero attached hydrogens (tertiary/aromatic N) is 1. The van der Waals surface area contributed by atoms with Crippen LogP contribution in [0.3, 0.4) is 0 Å². The monoisotopic (exact) mass is 316 g/mol. The number of amides is 1. The van der Waals surface area contributed by atoms with E-state index in [9.17, 15) is 4.79 Å². The topological polar surface area (TPSA) is 45.5 Å². The fraction of sp³-hybridized carbons (Fsp3) is 0.632. The molecular formula is C19H28N2O2. The number of hydrogen-bond donors (Lipinski definition) is 1. The quantitative estimate of drug-likeness (QED) is 0.846. The summed E-state index contributed by atoms with van der Waals surface area (Å²) in [7, 11) is 0. The van der Waals surface area contributed by atoms with E-state index < -0.39 is 0 Å². The minimum absolute atomic E-state index is 0.162. The second-order valence-corrected chi connectivity index (χ2v) is 6.88. The van der Waals surface area contributed by atoms with Crippen LogP contribution in [0.5, 0.6) is 0 Å². The minimum Gasteiger partial charge on any atom is -0.468 e. The predicted molar refractivity (Wildman–Crippen MR) is 90.9 cm³/mol. The van der Waals surface area contributed by atoms with Gasteiger partial charge in [0.25, 0.3) is 0 Å². The average molecular weight is 316 g/mol. The molecule has 1 amide bonds. The fourth-order valence-corrected chi connectivity index (χ4v) is 3.66. The Morgan fingerprint density at radius 1 is 1.39 bits per heavy atom. The van der Waals surface area contributed by atoms with Crippen molar-refractivity contribution in [3.63, 3.8) is 0 Å². The van der Waals surface area contributed by atoms with Crippen LogP contribution in [0.4, 0.5) is 0 Å². The van der Waals surface area contributed by atoms with Gasteiger partial charge in [-0.3, -0.25) is 9.69 Å². The molecule has 0 bridgehead atoms. The molecule has 0 aromatic carbocycles. The third-order valence-corrected chi connectivity index (χ3v) is 5.16. The highest BCUT2D eigenvalue weighted by atomic mass is 16.3. The second-order valence-electron chi connectivity index (χ2n) is 6.88. The molecule has 1 saturated heterocycles. The van der Waals surface area contributed by atoms with Crippen molar-refractivity contribution in [3.05, 3.63) is 35.8 Å². The van der Waals surface area contributed by atoms with Gasteiger partial charge in [0.05, 0.1) is 12.8 Å². The molecule has 0 unspecified atom stereocenters. The van der Waals surface area contributed by atoms with Crippen LogP contribution in [0.15, 0.2) is 34.5 Å². The van der Waals surface area contributed by atoms with E-state index >= 15 is 0 Å². The zero-order valence-electron chi connectivity index (χ0n) is 14.1. The van der Waals surface area contributed by atoms with Gasteiger partial charge >= 0.3 is 0 Å².